The fourth-order valence-electron chi connectivity index (χ4n) is 1.94. The Balaban J connectivity index is 2.11. The van der Waals surface area contributed by atoms with E-state index in [1.807, 2.05) is 55.5 Å². The molecule has 0 radical (unpaired) electrons. The van der Waals surface area contributed by atoms with Crippen molar-refractivity contribution in [3.8, 4) is 5.75 Å². The fourth-order valence-corrected chi connectivity index (χ4v) is 2.19. The Morgan fingerprint density at radius 2 is 1.89 bits per heavy atom. The molecule has 2 rings (SSSR count). The number of benzene rings is 2. The first-order valence-electron chi connectivity index (χ1n) is 6.41. The highest BCUT2D eigenvalue weighted by Crippen LogP contribution is 2.29. The second kappa shape index (κ2) is 6.60. The van der Waals surface area contributed by atoms with Gasteiger partial charge in [-0.05, 0) is 43.1 Å². The van der Waals surface area contributed by atoms with Gasteiger partial charge in [0.05, 0.1) is 5.02 Å². The summed E-state index contributed by atoms with van der Waals surface area (Å²) in [6.07, 6.45) is 0.799. The molecule has 0 spiro atoms. The van der Waals surface area contributed by atoms with E-state index in [-0.39, 0.29) is 6.10 Å². The monoisotopic (exact) mass is 275 g/mol. The third-order valence-corrected chi connectivity index (χ3v) is 3.30. The minimum Gasteiger partial charge on any atom is -0.484 e. The highest BCUT2D eigenvalue weighted by molar-refractivity contribution is 6.32. The summed E-state index contributed by atoms with van der Waals surface area (Å²) in [5.74, 6) is 0.707. The van der Waals surface area contributed by atoms with Gasteiger partial charge in [-0.15, -0.1) is 0 Å². The average molecular weight is 276 g/mol. The standard InChI is InChI=1S/C16H18ClNO/c1-12(14-5-3-2-4-6-14)19-16-8-7-13(9-10-18)11-15(16)17/h2-8,11-12H,9-10,18H2,1H3. The second-order valence-corrected chi connectivity index (χ2v) is 4.88. The Morgan fingerprint density at radius 3 is 2.53 bits per heavy atom. The van der Waals surface area contributed by atoms with Gasteiger partial charge in [0, 0.05) is 0 Å². The molecule has 0 amide bonds. The number of nitrogens with two attached hydrogens (primary N) is 1. The largest absolute Gasteiger partial charge is 0.484 e. The van der Waals surface area contributed by atoms with Crippen LogP contribution in [0.1, 0.15) is 24.2 Å². The number of ether oxygens (including phenoxy) is 1. The van der Waals surface area contributed by atoms with Gasteiger partial charge in [-0.1, -0.05) is 48.0 Å². The van der Waals surface area contributed by atoms with E-state index in [1.165, 1.54) is 0 Å². The van der Waals surface area contributed by atoms with E-state index >= 15 is 0 Å². The number of halogens is 1. The van der Waals surface area contributed by atoms with Crippen molar-refractivity contribution in [1.29, 1.82) is 0 Å². The fraction of sp³-hybridized carbons (Fsp3) is 0.250. The Labute approximate surface area is 119 Å². The summed E-state index contributed by atoms with van der Waals surface area (Å²) in [6.45, 7) is 2.64. The molecule has 0 saturated carbocycles. The molecule has 19 heavy (non-hydrogen) atoms. The van der Waals surface area contributed by atoms with Gasteiger partial charge in [0.25, 0.3) is 0 Å². The van der Waals surface area contributed by atoms with Crippen LogP contribution < -0.4 is 10.5 Å². The normalized spacial score (nSPS) is 12.2. The smallest absolute Gasteiger partial charge is 0.138 e. The lowest BCUT2D eigenvalue weighted by molar-refractivity contribution is 0.227. The molecule has 0 heterocycles. The zero-order chi connectivity index (χ0) is 13.7. The predicted molar refractivity (Wildman–Crippen MR) is 79.7 cm³/mol. The molecule has 0 aliphatic rings. The maximum Gasteiger partial charge on any atom is 0.138 e. The predicted octanol–water partition coefficient (Wildman–Crippen LogP) is 3.98. The molecule has 0 bridgehead atoms. The van der Waals surface area contributed by atoms with Crippen molar-refractivity contribution in [3.05, 3.63) is 64.7 Å². The lowest BCUT2D eigenvalue weighted by Crippen LogP contribution is -2.05. The van der Waals surface area contributed by atoms with E-state index < -0.39 is 0 Å². The molecule has 2 aromatic carbocycles. The van der Waals surface area contributed by atoms with Crippen LogP contribution in [0.2, 0.25) is 5.02 Å². The van der Waals surface area contributed by atoms with Crippen LogP contribution in [0.5, 0.6) is 5.75 Å². The Morgan fingerprint density at radius 1 is 1.16 bits per heavy atom. The first-order valence-corrected chi connectivity index (χ1v) is 6.78. The summed E-state index contributed by atoms with van der Waals surface area (Å²) in [7, 11) is 0. The summed E-state index contributed by atoms with van der Waals surface area (Å²) in [5, 5.41) is 0.633. The molecule has 2 aromatic rings. The first kappa shape index (κ1) is 13.9. The zero-order valence-electron chi connectivity index (χ0n) is 11.0. The third kappa shape index (κ3) is 3.72. The van der Waals surface area contributed by atoms with Crippen LogP contribution >= 0.6 is 11.6 Å². The molecule has 3 heteroatoms. The van der Waals surface area contributed by atoms with E-state index in [2.05, 4.69) is 0 Å². The van der Waals surface area contributed by atoms with Crippen LogP contribution in [-0.4, -0.2) is 6.54 Å². The van der Waals surface area contributed by atoms with Crippen molar-refractivity contribution in [2.75, 3.05) is 6.54 Å². The van der Waals surface area contributed by atoms with Crippen molar-refractivity contribution in [3.63, 3.8) is 0 Å². The number of rotatable bonds is 5. The lowest BCUT2D eigenvalue weighted by atomic mass is 10.1. The van der Waals surface area contributed by atoms with Crippen LogP contribution in [0, 0.1) is 0 Å². The molecule has 0 saturated heterocycles. The van der Waals surface area contributed by atoms with Gasteiger partial charge in [-0.3, -0.25) is 0 Å². The molecular formula is C16H18ClNO. The zero-order valence-corrected chi connectivity index (χ0v) is 11.7. The molecular weight excluding hydrogens is 258 g/mol. The highest BCUT2D eigenvalue weighted by atomic mass is 35.5. The molecule has 0 aliphatic carbocycles. The van der Waals surface area contributed by atoms with Gasteiger partial charge < -0.3 is 10.5 Å². The Hall–Kier alpha value is -1.51. The molecule has 0 fully saturated rings. The number of hydrogen-bond donors (Lipinski definition) is 1. The van der Waals surface area contributed by atoms with Gasteiger partial charge in [0.15, 0.2) is 0 Å². The maximum atomic E-state index is 6.23. The molecule has 100 valence electrons. The maximum absolute atomic E-state index is 6.23. The van der Waals surface area contributed by atoms with E-state index in [1.54, 1.807) is 0 Å². The highest BCUT2D eigenvalue weighted by Gasteiger charge is 2.09. The van der Waals surface area contributed by atoms with Gasteiger partial charge in [0.1, 0.15) is 11.9 Å². The lowest BCUT2D eigenvalue weighted by Gasteiger charge is -2.16. The topological polar surface area (TPSA) is 35.2 Å². The summed E-state index contributed by atoms with van der Waals surface area (Å²) in [6, 6.07) is 15.9. The van der Waals surface area contributed by atoms with Crippen molar-refractivity contribution < 1.29 is 4.74 Å². The van der Waals surface area contributed by atoms with Crippen LogP contribution in [0.15, 0.2) is 48.5 Å². The molecule has 1 unspecified atom stereocenters. The molecule has 2 N–H and O–H groups in total. The van der Waals surface area contributed by atoms with Crippen molar-refractivity contribution in [2.45, 2.75) is 19.4 Å². The molecule has 2 nitrogen and oxygen atoms in total. The average Bonchev–Trinajstić information content (AvgIpc) is 2.43. The quantitative estimate of drug-likeness (QED) is 0.896. The van der Waals surface area contributed by atoms with Crippen LogP contribution in [-0.2, 0) is 6.42 Å². The summed E-state index contributed by atoms with van der Waals surface area (Å²) in [5.41, 5.74) is 7.79. The Bertz CT molecular complexity index is 528. The van der Waals surface area contributed by atoms with Crippen molar-refractivity contribution >= 4 is 11.6 Å². The van der Waals surface area contributed by atoms with E-state index in [9.17, 15) is 0 Å². The van der Waals surface area contributed by atoms with Gasteiger partial charge >= 0.3 is 0 Å². The summed E-state index contributed by atoms with van der Waals surface area (Å²) in [4.78, 5) is 0. The van der Waals surface area contributed by atoms with E-state index in [0.717, 1.165) is 17.5 Å². The minimum absolute atomic E-state index is 0.0286. The van der Waals surface area contributed by atoms with Crippen molar-refractivity contribution in [1.82, 2.24) is 0 Å². The van der Waals surface area contributed by atoms with Gasteiger partial charge in [-0.25, -0.2) is 0 Å². The second-order valence-electron chi connectivity index (χ2n) is 4.47. The summed E-state index contributed by atoms with van der Waals surface area (Å²) >= 11 is 6.23. The first-order chi connectivity index (χ1) is 9.20. The molecule has 0 aliphatic heterocycles. The Kier molecular flexibility index (Phi) is 4.83. The van der Waals surface area contributed by atoms with Crippen LogP contribution in [0.25, 0.3) is 0 Å². The van der Waals surface area contributed by atoms with Gasteiger partial charge in [-0.2, -0.15) is 0 Å². The third-order valence-electron chi connectivity index (χ3n) is 3.00. The molecule has 0 aromatic heterocycles. The van der Waals surface area contributed by atoms with Crippen LogP contribution in [0.3, 0.4) is 0 Å². The van der Waals surface area contributed by atoms with Gasteiger partial charge in [0.2, 0.25) is 0 Å². The SMILES string of the molecule is CC(Oc1ccc(CCN)cc1Cl)c1ccccc1. The van der Waals surface area contributed by atoms with E-state index in [4.69, 9.17) is 22.1 Å². The number of hydrogen-bond acceptors (Lipinski definition) is 2. The molecule has 1 atom stereocenters. The van der Waals surface area contributed by atoms with E-state index in [0.29, 0.717) is 17.3 Å². The summed E-state index contributed by atoms with van der Waals surface area (Å²) < 4.78 is 5.90. The van der Waals surface area contributed by atoms with Crippen LogP contribution in [0.4, 0.5) is 0 Å². The van der Waals surface area contributed by atoms with Crippen molar-refractivity contribution in [2.24, 2.45) is 5.73 Å². The minimum atomic E-state index is -0.0286.